The SMILES string of the molecule is COCCn1ncc(Cl)c1C(NN)c1ncccc1C. The van der Waals surface area contributed by atoms with E-state index in [2.05, 4.69) is 15.5 Å². The molecule has 2 aromatic rings. The fourth-order valence-electron chi connectivity index (χ4n) is 2.10. The van der Waals surface area contributed by atoms with Crippen LogP contribution in [-0.2, 0) is 11.3 Å². The van der Waals surface area contributed by atoms with Gasteiger partial charge in [-0.15, -0.1) is 0 Å². The number of nitrogens with two attached hydrogens (primary N) is 1. The zero-order chi connectivity index (χ0) is 14.5. The molecule has 108 valence electrons. The van der Waals surface area contributed by atoms with Crippen LogP contribution in [-0.4, -0.2) is 28.5 Å². The number of methoxy groups -OCH3 is 1. The van der Waals surface area contributed by atoms with Crippen molar-refractivity contribution in [1.82, 2.24) is 20.2 Å². The zero-order valence-corrected chi connectivity index (χ0v) is 12.3. The number of rotatable bonds is 6. The fraction of sp³-hybridized carbons (Fsp3) is 0.385. The Labute approximate surface area is 122 Å². The highest BCUT2D eigenvalue weighted by atomic mass is 35.5. The Hall–Kier alpha value is -1.47. The number of hydrogen-bond donors (Lipinski definition) is 2. The molecule has 0 aliphatic carbocycles. The maximum atomic E-state index is 6.25. The number of aryl methyl sites for hydroxylation is 1. The molecule has 0 amide bonds. The lowest BCUT2D eigenvalue weighted by Gasteiger charge is -2.19. The number of hydrogen-bond acceptors (Lipinski definition) is 5. The predicted octanol–water partition coefficient (Wildman–Crippen LogP) is 1.44. The maximum Gasteiger partial charge on any atom is 0.107 e. The molecule has 0 spiro atoms. The van der Waals surface area contributed by atoms with Gasteiger partial charge in [-0.3, -0.25) is 15.5 Å². The highest BCUT2D eigenvalue weighted by Crippen LogP contribution is 2.28. The molecule has 0 saturated carbocycles. The van der Waals surface area contributed by atoms with Gasteiger partial charge in [0.15, 0.2) is 0 Å². The molecule has 2 rings (SSSR count). The van der Waals surface area contributed by atoms with Gasteiger partial charge in [-0.1, -0.05) is 17.7 Å². The van der Waals surface area contributed by atoms with E-state index in [0.717, 1.165) is 17.0 Å². The third-order valence-electron chi connectivity index (χ3n) is 3.10. The topological polar surface area (TPSA) is 78.0 Å². The smallest absolute Gasteiger partial charge is 0.107 e. The van der Waals surface area contributed by atoms with E-state index in [1.165, 1.54) is 0 Å². The number of nitrogens with one attached hydrogen (secondary N) is 1. The molecule has 2 heterocycles. The van der Waals surface area contributed by atoms with Crippen LogP contribution < -0.4 is 11.3 Å². The summed E-state index contributed by atoms with van der Waals surface area (Å²) in [5.41, 5.74) is 5.42. The van der Waals surface area contributed by atoms with E-state index >= 15 is 0 Å². The van der Waals surface area contributed by atoms with Crippen LogP contribution in [0, 0.1) is 6.92 Å². The molecule has 2 aromatic heterocycles. The molecule has 3 N–H and O–H groups in total. The first-order valence-corrected chi connectivity index (χ1v) is 6.64. The van der Waals surface area contributed by atoms with Gasteiger partial charge in [-0.25, -0.2) is 5.43 Å². The van der Waals surface area contributed by atoms with Gasteiger partial charge >= 0.3 is 0 Å². The fourth-order valence-corrected chi connectivity index (χ4v) is 2.35. The van der Waals surface area contributed by atoms with Gasteiger partial charge in [0, 0.05) is 13.3 Å². The molecule has 0 aromatic carbocycles. The van der Waals surface area contributed by atoms with Crippen molar-refractivity contribution in [3.63, 3.8) is 0 Å². The molecule has 0 fully saturated rings. The average molecular weight is 296 g/mol. The Morgan fingerprint density at radius 1 is 1.55 bits per heavy atom. The highest BCUT2D eigenvalue weighted by molar-refractivity contribution is 6.31. The molecule has 0 bridgehead atoms. The Bertz CT molecular complexity index is 572. The van der Waals surface area contributed by atoms with Gasteiger partial charge in [0.2, 0.25) is 0 Å². The standard InChI is InChI=1S/C13H18ClN5O/c1-9-4-3-5-16-11(9)12(18-15)13-10(14)8-17-19(13)6-7-20-2/h3-5,8,12,18H,6-7,15H2,1-2H3. The second-order valence-electron chi connectivity index (χ2n) is 4.40. The zero-order valence-electron chi connectivity index (χ0n) is 11.5. The van der Waals surface area contributed by atoms with E-state index in [0.29, 0.717) is 18.2 Å². The summed E-state index contributed by atoms with van der Waals surface area (Å²) >= 11 is 6.25. The largest absolute Gasteiger partial charge is 0.383 e. The van der Waals surface area contributed by atoms with E-state index in [9.17, 15) is 0 Å². The quantitative estimate of drug-likeness (QED) is 0.623. The Morgan fingerprint density at radius 3 is 3.00 bits per heavy atom. The average Bonchev–Trinajstić information content (AvgIpc) is 2.81. The van der Waals surface area contributed by atoms with Crippen LogP contribution in [0.3, 0.4) is 0 Å². The van der Waals surface area contributed by atoms with Gasteiger partial charge in [0.25, 0.3) is 0 Å². The van der Waals surface area contributed by atoms with Gasteiger partial charge < -0.3 is 4.74 Å². The Kier molecular flexibility index (Phi) is 5.08. The molecule has 1 atom stereocenters. The van der Waals surface area contributed by atoms with E-state index in [1.807, 2.05) is 19.1 Å². The molecule has 0 aliphatic rings. The molecular formula is C13H18ClN5O. The molecular weight excluding hydrogens is 278 g/mol. The second-order valence-corrected chi connectivity index (χ2v) is 4.81. The number of hydrazine groups is 1. The summed E-state index contributed by atoms with van der Waals surface area (Å²) in [6, 6.07) is 3.55. The summed E-state index contributed by atoms with van der Waals surface area (Å²) in [4.78, 5) is 4.39. The Morgan fingerprint density at radius 2 is 2.35 bits per heavy atom. The lowest BCUT2D eigenvalue weighted by atomic mass is 10.1. The van der Waals surface area contributed by atoms with Gasteiger partial charge in [0.05, 0.1) is 35.8 Å². The monoisotopic (exact) mass is 295 g/mol. The minimum absolute atomic E-state index is 0.317. The van der Waals surface area contributed by atoms with Crippen molar-refractivity contribution in [2.45, 2.75) is 19.5 Å². The third kappa shape index (κ3) is 2.99. The van der Waals surface area contributed by atoms with Crippen molar-refractivity contribution >= 4 is 11.6 Å². The molecule has 0 saturated heterocycles. The maximum absolute atomic E-state index is 6.25. The predicted molar refractivity (Wildman–Crippen MR) is 77.3 cm³/mol. The van der Waals surface area contributed by atoms with Crippen molar-refractivity contribution in [2.75, 3.05) is 13.7 Å². The molecule has 20 heavy (non-hydrogen) atoms. The van der Waals surface area contributed by atoms with Crippen molar-refractivity contribution < 1.29 is 4.74 Å². The van der Waals surface area contributed by atoms with E-state index in [4.69, 9.17) is 22.2 Å². The molecule has 6 nitrogen and oxygen atoms in total. The van der Waals surface area contributed by atoms with Crippen LogP contribution in [0.15, 0.2) is 24.5 Å². The van der Waals surface area contributed by atoms with Gasteiger partial charge in [-0.2, -0.15) is 5.10 Å². The lowest BCUT2D eigenvalue weighted by molar-refractivity contribution is 0.182. The minimum Gasteiger partial charge on any atom is -0.383 e. The van der Waals surface area contributed by atoms with Crippen LogP contribution in [0.25, 0.3) is 0 Å². The summed E-state index contributed by atoms with van der Waals surface area (Å²) in [6.07, 6.45) is 3.34. The Balaban J connectivity index is 2.42. The molecule has 7 heteroatoms. The molecule has 1 unspecified atom stereocenters. The summed E-state index contributed by atoms with van der Waals surface area (Å²) < 4.78 is 6.86. The minimum atomic E-state index is -0.317. The van der Waals surface area contributed by atoms with Crippen LogP contribution in [0.1, 0.15) is 23.0 Å². The summed E-state index contributed by atoms with van der Waals surface area (Å²) in [5, 5.41) is 4.81. The van der Waals surface area contributed by atoms with E-state index < -0.39 is 0 Å². The summed E-state index contributed by atoms with van der Waals surface area (Å²) in [6.45, 7) is 3.13. The number of pyridine rings is 1. The van der Waals surface area contributed by atoms with Gasteiger partial charge in [-0.05, 0) is 18.6 Å². The normalized spacial score (nSPS) is 12.6. The first-order chi connectivity index (χ1) is 9.69. The summed E-state index contributed by atoms with van der Waals surface area (Å²) in [5.74, 6) is 5.71. The number of aromatic nitrogens is 3. The highest BCUT2D eigenvalue weighted by Gasteiger charge is 2.23. The van der Waals surface area contributed by atoms with Crippen LogP contribution in [0.4, 0.5) is 0 Å². The van der Waals surface area contributed by atoms with E-state index in [1.54, 1.807) is 24.2 Å². The van der Waals surface area contributed by atoms with Crippen molar-refractivity contribution in [1.29, 1.82) is 0 Å². The van der Waals surface area contributed by atoms with Crippen LogP contribution in [0.2, 0.25) is 5.02 Å². The summed E-state index contributed by atoms with van der Waals surface area (Å²) in [7, 11) is 1.65. The van der Waals surface area contributed by atoms with Crippen molar-refractivity contribution in [2.24, 2.45) is 5.84 Å². The van der Waals surface area contributed by atoms with Crippen LogP contribution in [0.5, 0.6) is 0 Å². The first-order valence-electron chi connectivity index (χ1n) is 6.26. The van der Waals surface area contributed by atoms with Crippen LogP contribution >= 0.6 is 11.6 Å². The van der Waals surface area contributed by atoms with Crippen molar-refractivity contribution in [3.8, 4) is 0 Å². The third-order valence-corrected chi connectivity index (χ3v) is 3.40. The molecule has 0 radical (unpaired) electrons. The number of halogens is 1. The second kappa shape index (κ2) is 6.81. The lowest BCUT2D eigenvalue weighted by Crippen LogP contribution is -2.32. The number of nitrogens with zero attached hydrogens (tertiary/aromatic N) is 3. The van der Waals surface area contributed by atoms with Crippen molar-refractivity contribution in [3.05, 3.63) is 46.5 Å². The van der Waals surface area contributed by atoms with E-state index in [-0.39, 0.29) is 6.04 Å². The number of ether oxygens (including phenoxy) is 1. The van der Waals surface area contributed by atoms with Gasteiger partial charge in [0.1, 0.15) is 6.04 Å². The molecule has 0 aliphatic heterocycles. The first kappa shape index (κ1) is 14.9.